The summed E-state index contributed by atoms with van der Waals surface area (Å²) in [6, 6.07) is 18.6. The summed E-state index contributed by atoms with van der Waals surface area (Å²) in [6.07, 6.45) is 0. The van der Waals surface area contributed by atoms with Crippen LogP contribution in [-0.4, -0.2) is 26.2 Å². The van der Waals surface area contributed by atoms with Crippen molar-refractivity contribution >= 4 is 15.8 Å². The average Bonchev–Trinajstić information content (AvgIpc) is 3.35. The number of carbonyl (C=O) groups excluding carboxylic acids is 1. The molecule has 1 saturated carbocycles. The molecule has 1 aliphatic carbocycles. The summed E-state index contributed by atoms with van der Waals surface area (Å²) in [5.41, 5.74) is -1.08. The Morgan fingerprint density at radius 2 is 1.68 bits per heavy atom. The molecule has 2 aromatic rings. The monoisotopic (exact) mass is 355 g/mol. The number of benzene rings is 2. The van der Waals surface area contributed by atoms with Crippen molar-refractivity contribution in [1.29, 1.82) is 5.26 Å². The SMILES string of the molecule is CCOC(=O)[C@]1(C#N)[C@H](c2ccccc2)[C@@H]1S(=O)(=O)c1ccccc1. The van der Waals surface area contributed by atoms with Gasteiger partial charge in [0.15, 0.2) is 15.3 Å². The van der Waals surface area contributed by atoms with Crippen LogP contribution in [0.1, 0.15) is 18.4 Å². The Morgan fingerprint density at radius 1 is 1.12 bits per heavy atom. The summed E-state index contributed by atoms with van der Waals surface area (Å²) in [4.78, 5) is 12.6. The Bertz CT molecular complexity index is 919. The van der Waals surface area contributed by atoms with Crippen LogP contribution < -0.4 is 0 Å². The van der Waals surface area contributed by atoms with E-state index in [9.17, 15) is 18.5 Å². The van der Waals surface area contributed by atoms with Crippen molar-refractivity contribution in [3.8, 4) is 6.07 Å². The number of nitrogens with zero attached hydrogens (tertiary/aromatic N) is 1. The molecule has 2 aromatic carbocycles. The second-order valence-corrected chi connectivity index (χ2v) is 7.94. The average molecular weight is 355 g/mol. The first kappa shape index (κ1) is 17.2. The molecule has 0 spiro atoms. The number of rotatable bonds is 5. The van der Waals surface area contributed by atoms with Gasteiger partial charge in [0.2, 0.25) is 0 Å². The molecule has 3 rings (SSSR count). The van der Waals surface area contributed by atoms with Gasteiger partial charge in [0.05, 0.1) is 17.6 Å². The molecule has 0 amide bonds. The second-order valence-electron chi connectivity index (χ2n) is 5.87. The van der Waals surface area contributed by atoms with Crippen molar-refractivity contribution in [3.63, 3.8) is 0 Å². The lowest BCUT2D eigenvalue weighted by Crippen LogP contribution is -2.25. The van der Waals surface area contributed by atoms with E-state index in [4.69, 9.17) is 4.74 Å². The molecule has 5 nitrogen and oxygen atoms in total. The predicted octanol–water partition coefficient (Wildman–Crippen LogP) is 2.70. The van der Waals surface area contributed by atoms with E-state index in [1.54, 1.807) is 55.5 Å². The maximum Gasteiger partial charge on any atom is 0.328 e. The second kappa shape index (κ2) is 6.34. The van der Waals surface area contributed by atoms with Crippen LogP contribution in [0.25, 0.3) is 0 Å². The molecule has 3 atom stereocenters. The number of carbonyl (C=O) groups is 1. The highest BCUT2D eigenvalue weighted by molar-refractivity contribution is 7.92. The Kier molecular flexibility index (Phi) is 4.36. The minimum Gasteiger partial charge on any atom is -0.465 e. The zero-order chi connectivity index (χ0) is 18.1. The van der Waals surface area contributed by atoms with Gasteiger partial charge in [0, 0.05) is 5.92 Å². The van der Waals surface area contributed by atoms with Crippen molar-refractivity contribution in [2.75, 3.05) is 6.61 Å². The smallest absolute Gasteiger partial charge is 0.328 e. The molecule has 0 aliphatic heterocycles. The first-order chi connectivity index (χ1) is 12.0. The lowest BCUT2D eigenvalue weighted by atomic mass is 10.0. The number of ether oxygens (including phenoxy) is 1. The molecule has 0 bridgehead atoms. The molecule has 0 aromatic heterocycles. The highest BCUT2D eigenvalue weighted by Crippen LogP contribution is 2.64. The van der Waals surface area contributed by atoms with Crippen molar-refractivity contribution in [1.82, 2.24) is 0 Å². The number of sulfone groups is 1. The molecule has 0 saturated heterocycles. The lowest BCUT2D eigenvalue weighted by molar-refractivity contribution is -0.147. The Hall–Kier alpha value is -2.65. The van der Waals surface area contributed by atoms with Crippen LogP contribution in [0.2, 0.25) is 0 Å². The molecule has 0 N–H and O–H groups in total. The predicted molar refractivity (Wildman–Crippen MR) is 91.3 cm³/mol. The van der Waals surface area contributed by atoms with Gasteiger partial charge in [-0.1, -0.05) is 48.5 Å². The minimum atomic E-state index is -3.87. The molecule has 1 aliphatic rings. The maximum absolute atomic E-state index is 13.1. The third-order valence-corrected chi connectivity index (χ3v) is 6.74. The van der Waals surface area contributed by atoms with Crippen LogP contribution >= 0.6 is 0 Å². The van der Waals surface area contributed by atoms with E-state index in [-0.39, 0.29) is 11.5 Å². The van der Waals surface area contributed by atoms with Gasteiger partial charge in [-0.25, -0.2) is 8.42 Å². The fraction of sp³-hybridized carbons (Fsp3) is 0.263. The largest absolute Gasteiger partial charge is 0.465 e. The Labute approximate surface area is 146 Å². The van der Waals surface area contributed by atoms with E-state index >= 15 is 0 Å². The summed E-state index contributed by atoms with van der Waals surface area (Å²) in [5.74, 6) is -1.53. The van der Waals surface area contributed by atoms with E-state index < -0.39 is 32.4 Å². The highest BCUT2D eigenvalue weighted by Gasteiger charge is 2.77. The van der Waals surface area contributed by atoms with Gasteiger partial charge in [0.1, 0.15) is 5.25 Å². The van der Waals surface area contributed by atoms with Crippen LogP contribution in [0.15, 0.2) is 65.6 Å². The van der Waals surface area contributed by atoms with Gasteiger partial charge in [-0.3, -0.25) is 4.79 Å². The molecule has 6 heteroatoms. The molecular weight excluding hydrogens is 338 g/mol. The van der Waals surface area contributed by atoms with E-state index in [1.165, 1.54) is 12.1 Å². The minimum absolute atomic E-state index is 0.0852. The van der Waals surface area contributed by atoms with E-state index in [2.05, 4.69) is 0 Å². The van der Waals surface area contributed by atoms with Gasteiger partial charge in [-0.05, 0) is 24.6 Å². The summed E-state index contributed by atoms with van der Waals surface area (Å²) in [7, 11) is -3.87. The van der Waals surface area contributed by atoms with Gasteiger partial charge in [-0.15, -0.1) is 0 Å². The van der Waals surface area contributed by atoms with Crippen molar-refractivity contribution in [3.05, 3.63) is 66.2 Å². The van der Waals surface area contributed by atoms with Crippen LogP contribution in [0.5, 0.6) is 0 Å². The molecule has 0 unspecified atom stereocenters. The zero-order valence-corrected chi connectivity index (χ0v) is 14.4. The standard InChI is InChI=1S/C19H17NO4S/c1-2-24-18(21)19(13-20)16(14-9-5-3-6-10-14)17(19)25(22,23)15-11-7-4-8-12-15/h3-12,16-17H,2H2,1H3/t16-,17+,19-/m1/s1. The normalized spacial score (nSPS) is 25.0. The van der Waals surface area contributed by atoms with E-state index in [1.807, 2.05) is 6.07 Å². The topological polar surface area (TPSA) is 84.2 Å². The lowest BCUT2D eigenvalue weighted by Gasteiger charge is -2.09. The summed E-state index contributed by atoms with van der Waals surface area (Å²) in [6.45, 7) is 1.71. The van der Waals surface area contributed by atoms with Crippen LogP contribution in [0, 0.1) is 16.7 Å². The van der Waals surface area contributed by atoms with Gasteiger partial charge >= 0.3 is 5.97 Å². The number of hydrogen-bond donors (Lipinski definition) is 0. The number of nitriles is 1. The third-order valence-electron chi connectivity index (χ3n) is 4.50. The fourth-order valence-corrected chi connectivity index (χ4v) is 5.57. The number of hydrogen-bond acceptors (Lipinski definition) is 5. The zero-order valence-electron chi connectivity index (χ0n) is 13.6. The first-order valence-electron chi connectivity index (χ1n) is 7.92. The fourth-order valence-electron chi connectivity index (χ4n) is 3.31. The van der Waals surface area contributed by atoms with Crippen LogP contribution in [-0.2, 0) is 19.4 Å². The first-order valence-corrected chi connectivity index (χ1v) is 9.47. The van der Waals surface area contributed by atoms with Gasteiger partial charge in [-0.2, -0.15) is 5.26 Å². The molecular formula is C19H17NO4S. The van der Waals surface area contributed by atoms with Gasteiger partial charge < -0.3 is 4.74 Å². The van der Waals surface area contributed by atoms with Gasteiger partial charge in [0.25, 0.3) is 0 Å². The van der Waals surface area contributed by atoms with E-state index in [0.717, 1.165) is 0 Å². The van der Waals surface area contributed by atoms with E-state index in [0.29, 0.717) is 5.56 Å². The summed E-state index contributed by atoms with van der Waals surface area (Å²) in [5, 5.41) is 8.59. The Morgan fingerprint density at radius 3 is 2.20 bits per heavy atom. The molecule has 128 valence electrons. The summed E-state index contributed by atoms with van der Waals surface area (Å²) >= 11 is 0. The third kappa shape index (κ3) is 2.61. The van der Waals surface area contributed by atoms with Crippen molar-refractivity contribution in [2.24, 2.45) is 5.41 Å². The molecule has 0 radical (unpaired) electrons. The molecule has 1 fully saturated rings. The van der Waals surface area contributed by atoms with Crippen LogP contribution in [0.3, 0.4) is 0 Å². The number of esters is 1. The molecule has 25 heavy (non-hydrogen) atoms. The van der Waals surface area contributed by atoms with Crippen molar-refractivity contribution < 1.29 is 17.9 Å². The maximum atomic E-state index is 13.1. The van der Waals surface area contributed by atoms with Crippen molar-refractivity contribution in [2.45, 2.75) is 23.0 Å². The summed E-state index contributed by atoms with van der Waals surface area (Å²) < 4.78 is 31.3. The quantitative estimate of drug-likeness (QED) is 0.770. The highest BCUT2D eigenvalue weighted by atomic mass is 32.2. The Balaban J connectivity index is 2.13. The molecule has 0 heterocycles. The van der Waals surface area contributed by atoms with Crippen LogP contribution in [0.4, 0.5) is 0 Å².